The summed E-state index contributed by atoms with van der Waals surface area (Å²) in [6, 6.07) is 7.50. The first-order valence-electron chi connectivity index (χ1n) is 6.04. The normalized spacial score (nSPS) is 11.4. The number of sulfonamides is 1. The Morgan fingerprint density at radius 1 is 1.14 bits per heavy atom. The van der Waals surface area contributed by atoms with Crippen molar-refractivity contribution in [2.75, 3.05) is 10.5 Å². The monoisotopic (exact) mass is 372 g/mol. The van der Waals surface area contributed by atoms with Crippen molar-refractivity contribution in [1.82, 2.24) is 0 Å². The molecule has 0 atom stereocenters. The number of benzene rings is 2. The van der Waals surface area contributed by atoms with Crippen molar-refractivity contribution in [3.8, 4) is 0 Å². The van der Waals surface area contributed by atoms with Crippen LogP contribution in [0.2, 0.25) is 0 Å². The van der Waals surface area contributed by atoms with Gasteiger partial charge >= 0.3 is 0 Å². The molecular formula is C14H14BrFN2O2S. The topological polar surface area (TPSA) is 72.2 Å². The maximum absolute atomic E-state index is 13.7. The van der Waals surface area contributed by atoms with Gasteiger partial charge in [0.25, 0.3) is 10.0 Å². The molecule has 2 rings (SSSR count). The summed E-state index contributed by atoms with van der Waals surface area (Å²) in [5.41, 5.74) is 6.90. The number of halogens is 2. The van der Waals surface area contributed by atoms with Crippen LogP contribution in [0.4, 0.5) is 15.8 Å². The Bertz CT molecular complexity index is 787. The van der Waals surface area contributed by atoms with E-state index >= 15 is 0 Å². The minimum Gasteiger partial charge on any atom is -0.399 e. The predicted molar refractivity (Wildman–Crippen MR) is 85.2 cm³/mol. The summed E-state index contributed by atoms with van der Waals surface area (Å²) >= 11 is 3.30. The van der Waals surface area contributed by atoms with Gasteiger partial charge in [0, 0.05) is 15.7 Å². The minimum absolute atomic E-state index is 0.0309. The van der Waals surface area contributed by atoms with Gasteiger partial charge in [-0.3, -0.25) is 4.72 Å². The van der Waals surface area contributed by atoms with E-state index in [1.54, 1.807) is 12.1 Å². The average molecular weight is 373 g/mol. The number of nitrogens with two attached hydrogens (primary N) is 1. The lowest BCUT2D eigenvalue weighted by Crippen LogP contribution is -2.15. The second-order valence-electron chi connectivity index (χ2n) is 4.75. The highest BCUT2D eigenvalue weighted by molar-refractivity contribution is 9.10. The van der Waals surface area contributed by atoms with Gasteiger partial charge in [-0.15, -0.1) is 0 Å². The summed E-state index contributed by atoms with van der Waals surface area (Å²) in [5.74, 6) is -0.652. The predicted octanol–water partition coefficient (Wildman–Crippen LogP) is 3.59. The molecule has 7 heteroatoms. The lowest BCUT2D eigenvalue weighted by molar-refractivity contribution is 0.591. The molecule has 0 radical (unpaired) electrons. The number of nitrogens with one attached hydrogen (secondary N) is 1. The number of hydrogen-bond acceptors (Lipinski definition) is 3. The zero-order valence-corrected chi connectivity index (χ0v) is 13.8. The third-order valence-corrected chi connectivity index (χ3v) is 4.87. The van der Waals surface area contributed by atoms with E-state index in [2.05, 4.69) is 20.7 Å². The second-order valence-corrected chi connectivity index (χ2v) is 7.32. The molecule has 112 valence electrons. The van der Waals surface area contributed by atoms with Crippen LogP contribution in [-0.2, 0) is 10.0 Å². The molecule has 0 amide bonds. The van der Waals surface area contributed by atoms with Gasteiger partial charge in [-0.2, -0.15) is 0 Å². The average Bonchev–Trinajstić information content (AvgIpc) is 2.31. The Morgan fingerprint density at radius 3 is 2.43 bits per heavy atom. The summed E-state index contributed by atoms with van der Waals surface area (Å²) in [7, 11) is -3.91. The van der Waals surface area contributed by atoms with E-state index in [1.165, 1.54) is 13.0 Å². The lowest BCUT2D eigenvalue weighted by Gasteiger charge is -2.12. The zero-order valence-electron chi connectivity index (χ0n) is 11.4. The molecule has 4 nitrogen and oxygen atoms in total. The largest absolute Gasteiger partial charge is 0.399 e. The Balaban J connectivity index is 2.48. The van der Waals surface area contributed by atoms with Gasteiger partial charge in [0.15, 0.2) is 0 Å². The second kappa shape index (κ2) is 5.65. The van der Waals surface area contributed by atoms with Crippen molar-refractivity contribution in [3.63, 3.8) is 0 Å². The van der Waals surface area contributed by atoms with Gasteiger partial charge < -0.3 is 5.73 Å². The maximum atomic E-state index is 13.7. The van der Waals surface area contributed by atoms with Crippen LogP contribution in [0.25, 0.3) is 0 Å². The standard InChI is InChI=1S/C14H14BrFN2O2S/c1-8-3-10(15)5-12(4-8)18-21(19,20)14-7-11(17)6-13(16)9(14)2/h3-7,18H,17H2,1-2H3. The van der Waals surface area contributed by atoms with E-state index in [9.17, 15) is 12.8 Å². The van der Waals surface area contributed by atoms with Crippen molar-refractivity contribution in [2.24, 2.45) is 0 Å². The van der Waals surface area contributed by atoms with Gasteiger partial charge in [0.2, 0.25) is 0 Å². The zero-order chi connectivity index (χ0) is 15.8. The molecule has 0 unspecified atom stereocenters. The molecule has 2 aromatic rings. The highest BCUT2D eigenvalue weighted by Gasteiger charge is 2.20. The molecule has 0 saturated carbocycles. The van der Waals surface area contributed by atoms with Crippen LogP contribution in [0.15, 0.2) is 39.7 Å². The fraction of sp³-hybridized carbons (Fsp3) is 0.143. The van der Waals surface area contributed by atoms with Gasteiger partial charge in [0.1, 0.15) is 5.82 Å². The molecule has 2 aromatic carbocycles. The Labute approximate surface area is 131 Å². The van der Waals surface area contributed by atoms with Crippen molar-refractivity contribution in [3.05, 3.63) is 51.7 Å². The molecule has 0 aliphatic heterocycles. The highest BCUT2D eigenvalue weighted by atomic mass is 79.9. The van der Waals surface area contributed by atoms with Gasteiger partial charge in [-0.05, 0) is 49.7 Å². The van der Waals surface area contributed by atoms with Crippen LogP contribution in [0.1, 0.15) is 11.1 Å². The lowest BCUT2D eigenvalue weighted by atomic mass is 10.2. The molecule has 3 N–H and O–H groups in total. The summed E-state index contributed by atoms with van der Waals surface area (Å²) in [4.78, 5) is -0.169. The first-order chi connectivity index (χ1) is 9.69. The molecule has 0 aliphatic carbocycles. The summed E-state index contributed by atoms with van der Waals surface area (Å²) < 4.78 is 41.6. The SMILES string of the molecule is Cc1cc(Br)cc(NS(=O)(=O)c2cc(N)cc(F)c2C)c1. The van der Waals surface area contributed by atoms with Gasteiger partial charge in [-0.25, -0.2) is 12.8 Å². The number of hydrogen-bond donors (Lipinski definition) is 2. The van der Waals surface area contributed by atoms with E-state index in [0.717, 1.165) is 16.1 Å². The molecule has 0 aromatic heterocycles. The summed E-state index contributed by atoms with van der Waals surface area (Å²) in [6.45, 7) is 3.24. The van der Waals surface area contributed by atoms with Crippen LogP contribution in [0.5, 0.6) is 0 Å². The highest BCUT2D eigenvalue weighted by Crippen LogP contribution is 2.26. The quantitative estimate of drug-likeness (QED) is 0.808. The van der Waals surface area contributed by atoms with E-state index in [0.29, 0.717) is 5.69 Å². The van der Waals surface area contributed by atoms with E-state index in [4.69, 9.17) is 5.73 Å². The van der Waals surface area contributed by atoms with Crippen LogP contribution in [0, 0.1) is 19.7 Å². The first-order valence-corrected chi connectivity index (χ1v) is 8.32. The van der Waals surface area contributed by atoms with Crippen molar-refractivity contribution in [1.29, 1.82) is 0 Å². The minimum atomic E-state index is -3.91. The van der Waals surface area contributed by atoms with Crippen molar-refractivity contribution >= 4 is 37.3 Å². The molecule has 0 heterocycles. The molecule has 0 spiro atoms. The third-order valence-electron chi connectivity index (χ3n) is 2.90. The van der Waals surface area contributed by atoms with E-state index in [-0.39, 0.29) is 16.1 Å². The molecule has 21 heavy (non-hydrogen) atoms. The summed E-state index contributed by atoms with van der Waals surface area (Å²) in [5, 5.41) is 0. The first kappa shape index (κ1) is 15.8. The van der Waals surface area contributed by atoms with Crippen LogP contribution in [-0.4, -0.2) is 8.42 Å². The van der Waals surface area contributed by atoms with E-state index < -0.39 is 15.8 Å². The number of anilines is 2. The Hall–Kier alpha value is -1.60. The van der Waals surface area contributed by atoms with E-state index in [1.807, 2.05) is 13.0 Å². The number of aryl methyl sites for hydroxylation is 1. The summed E-state index contributed by atoms with van der Waals surface area (Å²) in [6.07, 6.45) is 0. The number of nitrogen functional groups attached to an aromatic ring is 1. The molecule has 0 saturated heterocycles. The maximum Gasteiger partial charge on any atom is 0.262 e. The molecule has 0 aliphatic rings. The van der Waals surface area contributed by atoms with Gasteiger partial charge in [-0.1, -0.05) is 15.9 Å². The Kier molecular flexibility index (Phi) is 4.25. The fourth-order valence-electron chi connectivity index (χ4n) is 1.96. The fourth-order valence-corrected chi connectivity index (χ4v) is 3.90. The van der Waals surface area contributed by atoms with Crippen LogP contribution < -0.4 is 10.5 Å². The molecular weight excluding hydrogens is 359 g/mol. The number of rotatable bonds is 3. The van der Waals surface area contributed by atoms with Crippen molar-refractivity contribution < 1.29 is 12.8 Å². The third kappa shape index (κ3) is 3.54. The van der Waals surface area contributed by atoms with Crippen molar-refractivity contribution in [2.45, 2.75) is 18.7 Å². The molecule has 0 fully saturated rings. The molecule has 0 bridgehead atoms. The Morgan fingerprint density at radius 2 is 1.81 bits per heavy atom. The smallest absolute Gasteiger partial charge is 0.262 e. The van der Waals surface area contributed by atoms with Crippen LogP contribution >= 0.6 is 15.9 Å². The van der Waals surface area contributed by atoms with Gasteiger partial charge in [0.05, 0.1) is 10.6 Å². The van der Waals surface area contributed by atoms with Crippen LogP contribution in [0.3, 0.4) is 0 Å².